The summed E-state index contributed by atoms with van der Waals surface area (Å²) in [6.45, 7) is 0. The molecule has 26 heavy (non-hydrogen) atoms. The van der Waals surface area contributed by atoms with E-state index in [1.165, 1.54) is 0 Å². The second-order valence-corrected chi connectivity index (χ2v) is 6.14. The number of hydrogen-bond acceptors (Lipinski definition) is 4. The number of phenols is 1. The topological polar surface area (TPSA) is 59.7 Å². The summed E-state index contributed by atoms with van der Waals surface area (Å²) in [5, 5.41) is 15.7. The molecule has 5 nitrogen and oxygen atoms in total. The lowest BCUT2D eigenvalue weighted by atomic mass is 10.1. The zero-order valence-electron chi connectivity index (χ0n) is 14.0. The molecule has 3 aromatic carbocycles. The number of rotatable bonds is 2. The fraction of sp³-hybridized carbons (Fsp3) is 0.0476. The molecule has 0 fully saturated rings. The van der Waals surface area contributed by atoms with Gasteiger partial charge in [0.1, 0.15) is 17.0 Å². The van der Waals surface area contributed by atoms with Gasteiger partial charge in [-0.3, -0.25) is 0 Å². The van der Waals surface area contributed by atoms with Crippen molar-refractivity contribution in [1.29, 1.82) is 0 Å². The number of aromatic hydroxyl groups is 1. The SMILES string of the molecule is COc1ccc2c(c1)nn1c3ccc(O)cc3nc(-c3ccccc3)c21. The lowest BCUT2D eigenvalue weighted by Gasteiger charge is -2.08. The molecule has 1 N–H and O–H groups in total. The normalized spacial score (nSPS) is 11.4. The van der Waals surface area contributed by atoms with Crippen LogP contribution >= 0.6 is 0 Å². The fourth-order valence-electron chi connectivity index (χ4n) is 3.35. The van der Waals surface area contributed by atoms with Crippen LogP contribution in [-0.2, 0) is 0 Å². The van der Waals surface area contributed by atoms with Crippen LogP contribution in [0.5, 0.6) is 11.5 Å². The first-order valence-electron chi connectivity index (χ1n) is 8.29. The lowest BCUT2D eigenvalue weighted by molar-refractivity contribution is 0.415. The van der Waals surface area contributed by atoms with E-state index in [0.717, 1.165) is 38.9 Å². The van der Waals surface area contributed by atoms with Gasteiger partial charge in [0.15, 0.2) is 0 Å². The van der Waals surface area contributed by atoms with Crippen LogP contribution in [-0.4, -0.2) is 26.8 Å². The van der Waals surface area contributed by atoms with Crippen LogP contribution in [0.2, 0.25) is 0 Å². The summed E-state index contributed by atoms with van der Waals surface area (Å²) in [5.41, 5.74) is 5.14. The van der Waals surface area contributed by atoms with Crippen LogP contribution in [0, 0.1) is 0 Å². The maximum absolute atomic E-state index is 9.89. The highest BCUT2D eigenvalue weighted by Gasteiger charge is 2.16. The molecule has 2 aromatic heterocycles. The third kappa shape index (κ3) is 2.10. The van der Waals surface area contributed by atoms with Crippen molar-refractivity contribution in [3.8, 4) is 22.8 Å². The zero-order chi connectivity index (χ0) is 17.7. The van der Waals surface area contributed by atoms with Gasteiger partial charge in [-0.15, -0.1) is 0 Å². The van der Waals surface area contributed by atoms with Crippen molar-refractivity contribution in [2.24, 2.45) is 0 Å². The van der Waals surface area contributed by atoms with Crippen LogP contribution in [0.3, 0.4) is 0 Å². The molecular formula is C21H15N3O2. The first-order chi connectivity index (χ1) is 12.7. The predicted molar refractivity (Wildman–Crippen MR) is 102 cm³/mol. The average molecular weight is 341 g/mol. The van der Waals surface area contributed by atoms with Crippen LogP contribution in [0.25, 0.3) is 38.7 Å². The molecule has 5 rings (SSSR count). The second kappa shape index (κ2) is 5.46. The largest absolute Gasteiger partial charge is 0.508 e. The Morgan fingerprint density at radius 1 is 0.923 bits per heavy atom. The quantitative estimate of drug-likeness (QED) is 0.516. The summed E-state index contributed by atoms with van der Waals surface area (Å²) in [6.07, 6.45) is 0. The highest BCUT2D eigenvalue weighted by atomic mass is 16.5. The number of aromatic nitrogens is 3. The number of ether oxygens (including phenoxy) is 1. The zero-order valence-corrected chi connectivity index (χ0v) is 14.0. The summed E-state index contributed by atoms with van der Waals surface area (Å²) < 4.78 is 7.24. The minimum absolute atomic E-state index is 0.182. The van der Waals surface area contributed by atoms with Crippen molar-refractivity contribution in [2.75, 3.05) is 7.11 Å². The van der Waals surface area contributed by atoms with Crippen molar-refractivity contribution < 1.29 is 9.84 Å². The monoisotopic (exact) mass is 341 g/mol. The fourth-order valence-corrected chi connectivity index (χ4v) is 3.35. The van der Waals surface area contributed by atoms with Crippen molar-refractivity contribution >= 4 is 27.5 Å². The molecule has 5 heteroatoms. The van der Waals surface area contributed by atoms with E-state index in [2.05, 4.69) is 0 Å². The third-order valence-corrected chi connectivity index (χ3v) is 4.57. The molecule has 0 aliphatic carbocycles. The van der Waals surface area contributed by atoms with E-state index in [9.17, 15) is 5.11 Å². The molecule has 126 valence electrons. The smallest absolute Gasteiger partial charge is 0.121 e. The predicted octanol–water partition coefficient (Wildman–Crippen LogP) is 4.42. The standard InChI is InChI=1S/C21H15N3O2/c1-26-15-8-9-16-17(12-15)23-24-19-10-7-14(25)11-18(19)22-20(21(16)24)13-5-3-2-4-6-13/h2-12,25H,1H3. The van der Waals surface area contributed by atoms with E-state index >= 15 is 0 Å². The van der Waals surface area contributed by atoms with Gasteiger partial charge in [-0.25, -0.2) is 9.50 Å². The summed E-state index contributed by atoms with van der Waals surface area (Å²) in [7, 11) is 1.64. The molecule has 0 amide bonds. The van der Waals surface area contributed by atoms with Crippen molar-refractivity contribution in [2.45, 2.75) is 0 Å². The lowest BCUT2D eigenvalue weighted by Crippen LogP contribution is -1.96. The van der Waals surface area contributed by atoms with Gasteiger partial charge in [0.2, 0.25) is 0 Å². The molecule has 2 heterocycles. The van der Waals surface area contributed by atoms with Gasteiger partial charge in [-0.2, -0.15) is 5.10 Å². The Balaban J connectivity index is 2.00. The molecule has 0 radical (unpaired) electrons. The third-order valence-electron chi connectivity index (χ3n) is 4.57. The number of hydrogen-bond donors (Lipinski definition) is 1. The van der Waals surface area contributed by atoms with Gasteiger partial charge in [-0.05, 0) is 24.3 Å². The van der Waals surface area contributed by atoms with E-state index in [4.69, 9.17) is 14.8 Å². The van der Waals surface area contributed by atoms with Crippen molar-refractivity contribution in [3.63, 3.8) is 0 Å². The second-order valence-electron chi connectivity index (χ2n) is 6.14. The van der Waals surface area contributed by atoms with Gasteiger partial charge in [0.25, 0.3) is 0 Å². The minimum atomic E-state index is 0.182. The summed E-state index contributed by atoms with van der Waals surface area (Å²) in [6, 6.07) is 21.0. The Kier molecular flexibility index (Phi) is 3.09. The van der Waals surface area contributed by atoms with Crippen LogP contribution in [0.15, 0.2) is 66.7 Å². The van der Waals surface area contributed by atoms with Gasteiger partial charge < -0.3 is 9.84 Å². The first kappa shape index (κ1) is 14.7. The maximum atomic E-state index is 9.89. The Bertz CT molecular complexity index is 1280. The highest BCUT2D eigenvalue weighted by molar-refractivity contribution is 6.04. The van der Waals surface area contributed by atoms with Crippen molar-refractivity contribution in [3.05, 3.63) is 66.7 Å². The van der Waals surface area contributed by atoms with Gasteiger partial charge in [0.05, 0.1) is 29.4 Å². The summed E-state index contributed by atoms with van der Waals surface area (Å²) in [5.74, 6) is 0.943. The Morgan fingerprint density at radius 3 is 2.58 bits per heavy atom. The van der Waals surface area contributed by atoms with Gasteiger partial charge >= 0.3 is 0 Å². The number of benzene rings is 3. The molecule has 0 atom stereocenters. The maximum Gasteiger partial charge on any atom is 0.121 e. The average Bonchev–Trinajstić information content (AvgIpc) is 3.06. The van der Waals surface area contributed by atoms with E-state index in [0.29, 0.717) is 5.52 Å². The molecule has 0 aliphatic rings. The van der Waals surface area contributed by atoms with Gasteiger partial charge in [0, 0.05) is 23.1 Å². The molecule has 0 saturated carbocycles. The summed E-state index contributed by atoms with van der Waals surface area (Å²) >= 11 is 0. The molecule has 0 unspecified atom stereocenters. The molecule has 5 aromatic rings. The van der Waals surface area contributed by atoms with Crippen LogP contribution in [0.4, 0.5) is 0 Å². The number of fused-ring (bicyclic) bond motifs is 5. The van der Waals surface area contributed by atoms with E-state index in [-0.39, 0.29) is 5.75 Å². The van der Waals surface area contributed by atoms with E-state index in [1.54, 1.807) is 19.2 Å². The number of methoxy groups -OCH3 is 1. The van der Waals surface area contributed by atoms with Crippen molar-refractivity contribution in [1.82, 2.24) is 14.6 Å². The molecule has 0 spiro atoms. The van der Waals surface area contributed by atoms with Crippen LogP contribution in [0.1, 0.15) is 0 Å². The molecular weight excluding hydrogens is 326 g/mol. The van der Waals surface area contributed by atoms with E-state index < -0.39 is 0 Å². The van der Waals surface area contributed by atoms with Gasteiger partial charge in [-0.1, -0.05) is 30.3 Å². The minimum Gasteiger partial charge on any atom is -0.508 e. The summed E-state index contributed by atoms with van der Waals surface area (Å²) in [4.78, 5) is 4.85. The number of phenolic OH excluding ortho intramolecular Hbond substituents is 1. The molecule has 0 bridgehead atoms. The Labute approximate surface area is 149 Å². The Hall–Kier alpha value is -3.60. The van der Waals surface area contributed by atoms with Crippen LogP contribution < -0.4 is 4.74 Å². The molecule has 0 saturated heterocycles. The molecule has 0 aliphatic heterocycles. The highest BCUT2D eigenvalue weighted by Crippen LogP contribution is 2.33. The van der Waals surface area contributed by atoms with E-state index in [1.807, 2.05) is 59.1 Å². The first-order valence-corrected chi connectivity index (χ1v) is 8.29. The Morgan fingerprint density at radius 2 is 1.77 bits per heavy atom. The number of nitrogens with zero attached hydrogens (tertiary/aromatic N) is 3.